The minimum Gasteiger partial charge on any atom is -0.218 e. The second-order valence-electron chi connectivity index (χ2n) is 7.36. The predicted octanol–water partition coefficient (Wildman–Crippen LogP) is 6.27. The van der Waals surface area contributed by atoms with Crippen molar-refractivity contribution in [1.29, 1.82) is 0 Å². The fraction of sp³-hybridized carbons (Fsp3) is 0.115. The first kappa shape index (κ1) is 17.5. The molecule has 1 unspecified atom stereocenters. The van der Waals surface area contributed by atoms with Crippen LogP contribution in [-0.2, 0) is 0 Å². The molecule has 1 aliphatic rings. The van der Waals surface area contributed by atoms with E-state index in [2.05, 4.69) is 101 Å². The molecule has 0 saturated heterocycles. The van der Waals surface area contributed by atoms with E-state index >= 15 is 0 Å². The maximum Gasteiger partial charge on any atom is 0.163 e. The number of hydrogen-bond acceptors (Lipinski definition) is 3. The Bertz CT molecular complexity index is 1240. The molecule has 4 aromatic rings. The lowest BCUT2D eigenvalue weighted by Gasteiger charge is -2.13. The van der Waals surface area contributed by atoms with Crippen molar-refractivity contribution in [3.05, 3.63) is 103 Å². The quantitative estimate of drug-likeness (QED) is 0.424. The van der Waals surface area contributed by atoms with Gasteiger partial charge >= 0.3 is 0 Å². The summed E-state index contributed by atoms with van der Waals surface area (Å²) in [5.74, 6) is 2.55. The summed E-state index contributed by atoms with van der Waals surface area (Å²) in [6.07, 6.45) is 9.37. The molecule has 3 nitrogen and oxygen atoms in total. The van der Waals surface area contributed by atoms with Crippen LogP contribution in [0.25, 0.3) is 33.3 Å². The Kier molecular flexibility index (Phi) is 4.49. The molecule has 1 aliphatic carbocycles. The van der Waals surface area contributed by atoms with E-state index in [1.54, 1.807) is 0 Å². The highest BCUT2D eigenvalue weighted by molar-refractivity contribution is 5.87. The number of nitrogens with zero attached hydrogens (tertiary/aromatic N) is 3. The predicted molar refractivity (Wildman–Crippen MR) is 119 cm³/mol. The highest BCUT2D eigenvalue weighted by Crippen LogP contribution is 2.28. The Morgan fingerprint density at radius 1 is 0.724 bits per heavy atom. The Labute approximate surface area is 170 Å². The van der Waals surface area contributed by atoms with E-state index in [0.717, 1.165) is 29.5 Å². The zero-order valence-electron chi connectivity index (χ0n) is 16.3. The van der Waals surface area contributed by atoms with Gasteiger partial charge in [0, 0.05) is 11.5 Å². The molecule has 1 aromatic heterocycles. The van der Waals surface area contributed by atoms with Crippen LogP contribution in [0.3, 0.4) is 0 Å². The Balaban J connectivity index is 1.47. The van der Waals surface area contributed by atoms with Crippen LogP contribution in [0.5, 0.6) is 0 Å². The van der Waals surface area contributed by atoms with Crippen LogP contribution < -0.4 is 0 Å². The lowest BCUT2D eigenvalue weighted by atomic mass is 9.99. The van der Waals surface area contributed by atoms with Crippen molar-refractivity contribution in [2.75, 3.05) is 0 Å². The number of benzene rings is 3. The molecule has 1 atom stereocenters. The molecule has 0 N–H and O–H groups in total. The lowest BCUT2D eigenvalue weighted by Crippen LogP contribution is -2.07. The standard InChI is InChI=1S/C26H21N3/c1-18-27-25(21-8-3-2-4-9-21)29-26(28-18)22-14-11-20(12-15-22)24-16-13-19-7-5-6-10-23(19)17-24/h2-8,10-17,21H,9H2,1H3. The highest BCUT2D eigenvalue weighted by Gasteiger charge is 2.15. The van der Waals surface area contributed by atoms with Crippen molar-refractivity contribution in [2.45, 2.75) is 19.3 Å². The van der Waals surface area contributed by atoms with E-state index < -0.39 is 0 Å². The molecule has 0 fully saturated rings. The van der Waals surface area contributed by atoms with E-state index in [9.17, 15) is 0 Å². The van der Waals surface area contributed by atoms with E-state index in [0.29, 0.717) is 0 Å². The monoisotopic (exact) mass is 375 g/mol. The average Bonchev–Trinajstić information content (AvgIpc) is 2.79. The van der Waals surface area contributed by atoms with Gasteiger partial charge in [0.1, 0.15) is 11.6 Å². The van der Waals surface area contributed by atoms with Crippen LogP contribution >= 0.6 is 0 Å². The molecule has 0 radical (unpaired) electrons. The minimum atomic E-state index is 0.220. The van der Waals surface area contributed by atoms with Gasteiger partial charge in [0.25, 0.3) is 0 Å². The van der Waals surface area contributed by atoms with Gasteiger partial charge in [-0.05, 0) is 41.3 Å². The SMILES string of the molecule is Cc1nc(-c2ccc(-c3ccc4ccccc4c3)cc2)nc(C2C=CC=CC2)n1. The molecule has 1 heterocycles. The Hall–Kier alpha value is -3.59. The molecule has 140 valence electrons. The molecule has 0 bridgehead atoms. The molecular weight excluding hydrogens is 354 g/mol. The molecule has 3 aromatic carbocycles. The van der Waals surface area contributed by atoms with Crippen molar-refractivity contribution in [1.82, 2.24) is 15.0 Å². The zero-order valence-corrected chi connectivity index (χ0v) is 16.3. The molecule has 29 heavy (non-hydrogen) atoms. The Morgan fingerprint density at radius 2 is 1.48 bits per heavy atom. The maximum atomic E-state index is 4.76. The highest BCUT2D eigenvalue weighted by atomic mass is 15.0. The van der Waals surface area contributed by atoms with E-state index in [4.69, 9.17) is 4.98 Å². The molecule has 3 heteroatoms. The van der Waals surface area contributed by atoms with Gasteiger partial charge in [-0.15, -0.1) is 0 Å². The van der Waals surface area contributed by atoms with Gasteiger partial charge in [-0.1, -0.05) is 85.0 Å². The van der Waals surface area contributed by atoms with E-state index in [1.807, 2.05) is 6.92 Å². The normalized spacial score (nSPS) is 15.7. The van der Waals surface area contributed by atoms with Crippen LogP contribution in [0.15, 0.2) is 91.0 Å². The first-order valence-corrected chi connectivity index (χ1v) is 9.92. The number of aryl methyl sites for hydroxylation is 1. The van der Waals surface area contributed by atoms with Gasteiger partial charge in [0.05, 0.1) is 0 Å². The third-order valence-corrected chi connectivity index (χ3v) is 5.30. The summed E-state index contributed by atoms with van der Waals surface area (Å²) in [7, 11) is 0. The van der Waals surface area contributed by atoms with Gasteiger partial charge in [-0.2, -0.15) is 0 Å². The summed E-state index contributed by atoms with van der Waals surface area (Å²) in [5.41, 5.74) is 3.41. The van der Waals surface area contributed by atoms with Gasteiger partial charge < -0.3 is 0 Å². The zero-order chi connectivity index (χ0) is 19.6. The van der Waals surface area contributed by atoms with Crippen molar-refractivity contribution in [3.8, 4) is 22.5 Å². The number of rotatable bonds is 3. The van der Waals surface area contributed by atoms with Crippen molar-refractivity contribution in [2.24, 2.45) is 0 Å². The third-order valence-electron chi connectivity index (χ3n) is 5.30. The first-order chi connectivity index (χ1) is 14.3. The van der Waals surface area contributed by atoms with Crippen molar-refractivity contribution >= 4 is 10.8 Å². The summed E-state index contributed by atoms with van der Waals surface area (Å²) in [4.78, 5) is 13.9. The van der Waals surface area contributed by atoms with Gasteiger partial charge in [-0.25, -0.2) is 15.0 Å². The second-order valence-corrected chi connectivity index (χ2v) is 7.36. The number of aromatic nitrogens is 3. The summed E-state index contributed by atoms with van der Waals surface area (Å²) in [6.45, 7) is 1.93. The van der Waals surface area contributed by atoms with E-state index in [1.165, 1.54) is 21.9 Å². The summed E-state index contributed by atoms with van der Waals surface area (Å²) < 4.78 is 0. The fourth-order valence-electron chi connectivity index (χ4n) is 3.75. The molecule has 5 rings (SSSR count). The fourth-order valence-corrected chi connectivity index (χ4v) is 3.75. The number of fused-ring (bicyclic) bond motifs is 1. The summed E-state index contributed by atoms with van der Waals surface area (Å²) >= 11 is 0. The lowest BCUT2D eigenvalue weighted by molar-refractivity contribution is 0.749. The maximum absolute atomic E-state index is 4.76. The minimum absolute atomic E-state index is 0.220. The second kappa shape index (κ2) is 7.44. The summed E-state index contributed by atoms with van der Waals surface area (Å²) in [5, 5.41) is 2.51. The largest absolute Gasteiger partial charge is 0.218 e. The molecular formula is C26H21N3. The van der Waals surface area contributed by atoms with E-state index in [-0.39, 0.29) is 5.92 Å². The van der Waals surface area contributed by atoms with Crippen molar-refractivity contribution < 1.29 is 0 Å². The molecule has 0 spiro atoms. The smallest absolute Gasteiger partial charge is 0.163 e. The molecule has 0 aliphatic heterocycles. The Morgan fingerprint density at radius 3 is 2.28 bits per heavy atom. The van der Waals surface area contributed by atoms with Gasteiger partial charge in [-0.3, -0.25) is 0 Å². The first-order valence-electron chi connectivity index (χ1n) is 9.92. The van der Waals surface area contributed by atoms with Crippen LogP contribution in [-0.4, -0.2) is 15.0 Å². The molecule has 0 saturated carbocycles. The van der Waals surface area contributed by atoms with Crippen LogP contribution in [0.4, 0.5) is 0 Å². The number of hydrogen-bond donors (Lipinski definition) is 0. The topological polar surface area (TPSA) is 38.7 Å². The van der Waals surface area contributed by atoms with Crippen LogP contribution in [0.2, 0.25) is 0 Å². The van der Waals surface area contributed by atoms with Crippen LogP contribution in [0.1, 0.15) is 24.0 Å². The average molecular weight is 375 g/mol. The van der Waals surface area contributed by atoms with Crippen LogP contribution in [0, 0.1) is 6.92 Å². The van der Waals surface area contributed by atoms with Gasteiger partial charge in [0.15, 0.2) is 5.82 Å². The summed E-state index contributed by atoms with van der Waals surface area (Å²) in [6, 6.07) is 23.5. The molecule has 0 amide bonds. The number of allylic oxidation sites excluding steroid dienone is 4. The van der Waals surface area contributed by atoms with Crippen molar-refractivity contribution in [3.63, 3.8) is 0 Å². The third kappa shape index (κ3) is 3.59. The van der Waals surface area contributed by atoms with Gasteiger partial charge in [0.2, 0.25) is 0 Å².